The van der Waals surface area contributed by atoms with Gasteiger partial charge in [-0.1, -0.05) is 35.9 Å². The molecule has 2 aromatic rings. The van der Waals surface area contributed by atoms with Crippen molar-refractivity contribution >= 4 is 34.8 Å². The predicted octanol–water partition coefficient (Wildman–Crippen LogP) is 3.92. The number of carbonyl (C=O) groups excluding carboxylic acids is 2. The minimum absolute atomic E-state index is 0.000112. The molecule has 0 bridgehead atoms. The highest BCUT2D eigenvalue weighted by atomic mass is 35.5. The molecule has 1 aliphatic rings. The number of amides is 2. The van der Waals surface area contributed by atoms with E-state index >= 15 is 0 Å². The molecule has 0 saturated heterocycles. The van der Waals surface area contributed by atoms with Crippen LogP contribution in [0.15, 0.2) is 59.3 Å². The third-order valence-corrected chi connectivity index (χ3v) is 4.23. The quantitative estimate of drug-likeness (QED) is 0.730. The SMILES string of the molecule is CCOc1ccccc1NC1=C(Cl)C(=O)N(c2ccccc2OCC)C1=O. The zero-order valence-corrected chi connectivity index (χ0v) is 15.7. The molecule has 0 aliphatic carbocycles. The van der Waals surface area contributed by atoms with Gasteiger partial charge in [0.25, 0.3) is 11.8 Å². The lowest BCUT2D eigenvalue weighted by molar-refractivity contribution is -0.120. The van der Waals surface area contributed by atoms with Gasteiger partial charge in [0.1, 0.15) is 22.2 Å². The highest BCUT2D eigenvalue weighted by molar-refractivity contribution is 6.53. The molecule has 2 amide bonds. The van der Waals surface area contributed by atoms with Crippen molar-refractivity contribution in [1.29, 1.82) is 0 Å². The number of hydrogen-bond donors (Lipinski definition) is 1. The zero-order valence-electron chi connectivity index (χ0n) is 15.0. The van der Waals surface area contributed by atoms with Crippen LogP contribution in [0.25, 0.3) is 0 Å². The summed E-state index contributed by atoms with van der Waals surface area (Å²) >= 11 is 6.20. The molecule has 2 aromatic carbocycles. The van der Waals surface area contributed by atoms with E-state index in [2.05, 4.69) is 5.32 Å². The minimum atomic E-state index is -0.606. The molecule has 7 heteroatoms. The lowest BCUT2D eigenvalue weighted by Gasteiger charge is -2.19. The fourth-order valence-electron chi connectivity index (χ4n) is 2.74. The Morgan fingerprint density at radius 2 is 1.48 bits per heavy atom. The van der Waals surface area contributed by atoms with Crippen LogP contribution in [0.1, 0.15) is 13.8 Å². The molecule has 1 aliphatic heterocycles. The molecule has 140 valence electrons. The Kier molecular flexibility index (Phi) is 5.66. The van der Waals surface area contributed by atoms with Gasteiger partial charge >= 0.3 is 0 Å². The first-order valence-electron chi connectivity index (χ1n) is 8.57. The van der Waals surface area contributed by atoms with Crippen molar-refractivity contribution < 1.29 is 19.1 Å². The first-order valence-corrected chi connectivity index (χ1v) is 8.95. The lowest BCUT2D eigenvalue weighted by Crippen LogP contribution is -2.32. The van der Waals surface area contributed by atoms with Crippen LogP contribution < -0.4 is 19.7 Å². The number of rotatable bonds is 7. The Labute approximate surface area is 162 Å². The van der Waals surface area contributed by atoms with Gasteiger partial charge in [0.05, 0.1) is 24.6 Å². The zero-order chi connectivity index (χ0) is 19.4. The summed E-state index contributed by atoms with van der Waals surface area (Å²) in [7, 11) is 0. The Balaban J connectivity index is 1.94. The van der Waals surface area contributed by atoms with Gasteiger partial charge in [-0.25, -0.2) is 4.90 Å². The molecule has 6 nitrogen and oxygen atoms in total. The molecule has 0 radical (unpaired) electrons. The molecule has 0 atom stereocenters. The summed E-state index contributed by atoms with van der Waals surface area (Å²) in [6.45, 7) is 4.56. The predicted molar refractivity (Wildman–Crippen MR) is 104 cm³/mol. The summed E-state index contributed by atoms with van der Waals surface area (Å²) < 4.78 is 11.1. The van der Waals surface area contributed by atoms with E-state index in [1.54, 1.807) is 42.5 Å². The minimum Gasteiger partial charge on any atom is -0.492 e. The van der Waals surface area contributed by atoms with Gasteiger partial charge in [0.2, 0.25) is 0 Å². The highest BCUT2D eigenvalue weighted by Crippen LogP contribution is 2.36. The molecular formula is C20H19ClN2O4. The fourth-order valence-corrected chi connectivity index (χ4v) is 2.95. The number of carbonyl (C=O) groups is 2. The van der Waals surface area contributed by atoms with Crippen molar-refractivity contribution in [3.8, 4) is 11.5 Å². The van der Waals surface area contributed by atoms with Gasteiger partial charge in [-0.05, 0) is 38.1 Å². The number of nitrogens with one attached hydrogen (secondary N) is 1. The monoisotopic (exact) mass is 386 g/mol. The largest absolute Gasteiger partial charge is 0.492 e. The molecule has 0 spiro atoms. The van der Waals surface area contributed by atoms with E-state index < -0.39 is 11.8 Å². The van der Waals surface area contributed by atoms with Gasteiger partial charge < -0.3 is 14.8 Å². The third kappa shape index (κ3) is 3.61. The molecule has 0 saturated carbocycles. The summed E-state index contributed by atoms with van der Waals surface area (Å²) in [6.07, 6.45) is 0. The fraction of sp³-hybridized carbons (Fsp3) is 0.200. The summed E-state index contributed by atoms with van der Waals surface area (Å²) in [6, 6.07) is 14.0. The Hall–Kier alpha value is -2.99. The van der Waals surface area contributed by atoms with Gasteiger partial charge in [-0.15, -0.1) is 0 Å². The third-order valence-electron chi connectivity index (χ3n) is 3.88. The van der Waals surface area contributed by atoms with Crippen LogP contribution >= 0.6 is 11.6 Å². The van der Waals surface area contributed by atoms with Crippen LogP contribution in [0.2, 0.25) is 0 Å². The Morgan fingerprint density at radius 1 is 0.889 bits per heavy atom. The standard InChI is InChI=1S/C20H19ClN2O4/c1-3-26-15-11-7-5-9-13(15)22-18-17(21)19(24)23(20(18)25)14-10-6-8-12-16(14)27-4-2/h5-12,22H,3-4H2,1-2H3. The van der Waals surface area contributed by atoms with Gasteiger partial charge in [0, 0.05) is 0 Å². The van der Waals surface area contributed by atoms with Crippen LogP contribution in [0, 0.1) is 0 Å². The summed E-state index contributed by atoms with van der Waals surface area (Å²) in [5.74, 6) is -0.166. The Bertz CT molecular complexity index is 910. The van der Waals surface area contributed by atoms with Crippen LogP contribution in [0.3, 0.4) is 0 Å². The Morgan fingerprint density at radius 3 is 2.19 bits per heavy atom. The molecule has 0 fully saturated rings. The van der Waals surface area contributed by atoms with Crippen molar-refractivity contribution in [2.75, 3.05) is 23.4 Å². The number of benzene rings is 2. The van der Waals surface area contributed by atoms with E-state index in [9.17, 15) is 9.59 Å². The maximum absolute atomic E-state index is 13.0. The average molecular weight is 387 g/mol. The number of para-hydroxylation sites is 4. The second-order valence-electron chi connectivity index (χ2n) is 5.59. The summed E-state index contributed by atoms with van der Waals surface area (Å²) in [4.78, 5) is 26.6. The van der Waals surface area contributed by atoms with Crippen molar-refractivity contribution in [2.24, 2.45) is 0 Å². The second kappa shape index (κ2) is 8.14. The van der Waals surface area contributed by atoms with E-state index in [1.807, 2.05) is 19.9 Å². The normalized spacial score (nSPS) is 14.0. The topological polar surface area (TPSA) is 67.9 Å². The maximum Gasteiger partial charge on any atom is 0.283 e. The van der Waals surface area contributed by atoms with Gasteiger partial charge in [0.15, 0.2) is 0 Å². The number of ether oxygens (including phenoxy) is 2. The highest BCUT2D eigenvalue weighted by Gasteiger charge is 2.40. The van der Waals surface area contributed by atoms with Crippen molar-refractivity contribution in [1.82, 2.24) is 0 Å². The number of imide groups is 1. The number of hydrogen-bond acceptors (Lipinski definition) is 5. The lowest BCUT2D eigenvalue weighted by atomic mass is 10.2. The average Bonchev–Trinajstić information content (AvgIpc) is 2.88. The molecule has 27 heavy (non-hydrogen) atoms. The van der Waals surface area contributed by atoms with E-state index in [0.29, 0.717) is 36.1 Å². The van der Waals surface area contributed by atoms with Crippen molar-refractivity contribution in [2.45, 2.75) is 13.8 Å². The second-order valence-corrected chi connectivity index (χ2v) is 5.97. The van der Waals surface area contributed by atoms with Gasteiger partial charge in [-0.2, -0.15) is 0 Å². The van der Waals surface area contributed by atoms with Crippen molar-refractivity contribution in [3.63, 3.8) is 0 Å². The van der Waals surface area contributed by atoms with E-state index in [4.69, 9.17) is 21.1 Å². The molecular weight excluding hydrogens is 368 g/mol. The first kappa shape index (κ1) is 18.8. The van der Waals surface area contributed by atoms with Crippen LogP contribution in [-0.4, -0.2) is 25.0 Å². The van der Waals surface area contributed by atoms with Crippen molar-refractivity contribution in [3.05, 3.63) is 59.3 Å². The van der Waals surface area contributed by atoms with Crippen LogP contribution in [0.4, 0.5) is 11.4 Å². The molecule has 1 heterocycles. The first-order chi connectivity index (χ1) is 13.1. The van der Waals surface area contributed by atoms with E-state index in [1.165, 1.54) is 0 Å². The van der Waals surface area contributed by atoms with Gasteiger partial charge in [-0.3, -0.25) is 9.59 Å². The number of halogens is 1. The summed E-state index contributed by atoms with van der Waals surface area (Å²) in [5.41, 5.74) is 0.899. The molecule has 0 unspecified atom stereocenters. The van der Waals surface area contributed by atoms with E-state index in [-0.39, 0.29) is 10.7 Å². The molecule has 1 N–H and O–H groups in total. The number of anilines is 2. The summed E-state index contributed by atoms with van der Waals surface area (Å²) in [5, 5.41) is 2.76. The van der Waals surface area contributed by atoms with E-state index in [0.717, 1.165) is 4.90 Å². The smallest absolute Gasteiger partial charge is 0.283 e. The molecule has 3 rings (SSSR count). The maximum atomic E-state index is 13.0. The van der Waals surface area contributed by atoms with Crippen LogP contribution in [-0.2, 0) is 9.59 Å². The van der Waals surface area contributed by atoms with Crippen LogP contribution in [0.5, 0.6) is 11.5 Å². The number of nitrogens with zero attached hydrogens (tertiary/aromatic N) is 1. The molecule has 0 aromatic heterocycles.